The normalized spacial score (nSPS) is 12.0. The Morgan fingerprint density at radius 2 is 1.96 bits per heavy atom. The first-order valence-electron chi connectivity index (χ1n) is 7.58. The van der Waals surface area contributed by atoms with Crippen LogP contribution in [0, 0.1) is 6.92 Å². The minimum Gasteiger partial charge on any atom is -0.310 e. The molecule has 2 N–H and O–H groups in total. The van der Waals surface area contributed by atoms with Gasteiger partial charge in [-0.3, -0.25) is 4.79 Å². The highest BCUT2D eigenvalue weighted by molar-refractivity contribution is 7.89. The first-order valence-corrected chi connectivity index (χ1v) is 9.45. The maximum Gasteiger partial charge on any atom is 0.417 e. The van der Waals surface area contributed by atoms with Crippen LogP contribution < -0.4 is 10.0 Å². The van der Waals surface area contributed by atoms with Crippen molar-refractivity contribution in [3.63, 3.8) is 0 Å². The molecule has 1 aromatic heterocycles. The maximum absolute atomic E-state index is 12.9. The number of rotatable bonds is 6. The number of nitrogens with one attached hydrogen (secondary N) is 2. The lowest BCUT2D eigenvalue weighted by Crippen LogP contribution is -2.28. The van der Waals surface area contributed by atoms with Crippen LogP contribution >= 0.6 is 11.6 Å². The fourth-order valence-electron chi connectivity index (χ4n) is 2.08. The van der Waals surface area contributed by atoms with Gasteiger partial charge in [0.05, 0.1) is 15.5 Å². The molecule has 1 heterocycles. The van der Waals surface area contributed by atoms with Gasteiger partial charge in [-0.2, -0.15) is 13.2 Å². The van der Waals surface area contributed by atoms with Crippen molar-refractivity contribution in [1.82, 2.24) is 9.71 Å². The van der Waals surface area contributed by atoms with Crippen molar-refractivity contribution in [3.8, 4) is 0 Å². The Balaban J connectivity index is 2.01. The van der Waals surface area contributed by atoms with E-state index in [2.05, 4.69) is 15.0 Å². The molecular formula is C16H15ClF3N3O3S. The van der Waals surface area contributed by atoms with Gasteiger partial charge in [-0.05, 0) is 36.8 Å². The summed E-state index contributed by atoms with van der Waals surface area (Å²) in [6.07, 6.45) is -3.53. The van der Waals surface area contributed by atoms with Crippen molar-refractivity contribution in [1.29, 1.82) is 0 Å². The molecule has 0 aliphatic rings. The van der Waals surface area contributed by atoms with E-state index < -0.39 is 37.6 Å². The van der Waals surface area contributed by atoms with E-state index in [-0.39, 0.29) is 13.0 Å². The molecule has 146 valence electrons. The van der Waals surface area contributed by atoms with Crippen molar-refractivity contribution < 1.29 is 26.4 Å². The zero-order valence-corrected chi connectivity index (χ0v) is 15.5. The summed E-state index contributed by atoms with van der Waals surface area (Å²) < 4.78 is 65.0. The third-order valence-electron chi connectivity index (χ3n) is 3.46. The molecule has 11 heteroatoms. The number of alkyl halides is 3. The smallest absolute Gasteiger partial charge is 0.310 e. The predicted octanol–water partition coefficient (Wildman–Crippen LogP) is 3.37. The third kappa shape index (κ3) is 5.65. The van der Waals surface area contributed by atoms with Crippen LogP contribution in [0.3, 0.4) is 0 Å². The summed E-state index contributed by atoms with van der Waals surface area (Å²) in [5.41, 5.74) is -0.525. The van der Waals surface area contributed by atoms with Gasteiger partial charge in [-0.15, -0.1) is 0 Å². The van der Waals surface area contributed by atoms with E-state index in [0.29, 0.717) is 11.9 Å². The summed E-state index contributed by atoms with van der Waals surface area (Å²) in [4.78, 5) is 15.2. The molecule has 0 aliphatic carbocycles. The summed E-state index contributed by atoms with van der Waals surface area (Å²) in [6.45, 7) is 1.44. The quantitative estimate of drug-likeness (QED) is 0.748. The topological polar surface area (TPSA) is 88.2 Å². The van der Waals surface area contributed by atoms with Crippen molar-refractivity contribution in [3.05, 3.63) is 52.7 Å². The summed E-state index contributed by atoms with van der Waals surface area (Å²) in [7, 11) is -4.24. The summed E-state index contributed by atoms with van der Waals surface area (Å²) >= 11 is 5.47. The zero-order chi connectivity index (χ0) is 20.2. The van der Waals surface area contributed by atoms with Crippen LogP contribution in [0.25, 0.3) is 0 Å². The second-order valence-electron chi connectivity index (χ2n) is 5.50. The van der Waals surface area contributed by atoms with Crippen LogP contribution in [-0.4, -0.2) is 25.9 Å². The Hall–Kier alpha value is -2.17. The molecule has 0 saturated carbocycles. The van der Waals surface area contributed by atoms with E-state index in [9.17, 15) is 26.4 Å². The van der Waals surface area contributed by atoms with Gasteiger partial charge in [0.1, 0.15) is 5.82 Å². The molecule has 2 rings (SSSR count). The molecule has 0 unspecified atom stereocenters. The number of hydrogen-bond acceptors (Lipinski definition) is 4. The number of amides is 1. The molecule has 6 nitrogen and oxygen atoms in total. The second-order valence-corrected chi connectivity index (χ2v) is 7.68. The summed E-state index contributed by atoms with van der Waals surface area (Å²) in [6, 6.07) is 5.69. The number of nitrogens with zero attached hydrogens (tertiary/aromatic N) is 1. The monoisotopic (exact) mass is 421 g/mol. The van der Waals surface area contributed by atoms with Gasteiger partial charge in [0.15, 0.2) is 0 Å². The lowest BCUT2D eigenvalue weighted by molar-refractivity contribution is -0.137. The average molecular weight is 422 g/mol. The second kappa shape index (κ2) is 8.24. The van der Waals surface area contributed by atoms with Crippen molar-refractivity contribution in [2.75, 3.05) is 11.9 Å². The Labute approximate surface area is 158 Å². The molecule has 27 heavy (non-hydrogen) atoms. The van der Waals surface area contributed by atoms with Crippen LogP contribution in [0.4, 0.5) is 19.0 Å². The van der Waals surface area contributed by atoms with E-state index in [0.717, 1.165) is 17.7 Å². The van der Waals surface area contributed by atoms with Crippen LogP contribution in [0.1, 0.15) is 17.5 Å². The highest BCUT2D eigenvalue weighted by Gasteiger charge is 2.34. The number of anilines is 1. The van der Waals surface area contributed by atoms with Crippen LogP contribution in [0.15, 0.2) is 41.4 Å². The highest BCUT2D eigenvalue weighted by atomic mass is 35.5. The van der Waals surface area contributed by atoms with Gasteiger partial charge in [0, 0.05) is 19.2 Å². The fourth-order valence-corrected chi connectivity index (χ4v) is 3.36. The number of carbonyl (C=O) groups is 1. The lowest BCUT2D eigenvalue weighted by atomic mass is 10.2. The fraction of sp³-hybridized carbons (Fsp3) is 0.250. The number of aryl methyl sites for hydroxylation is 1. The van der Waals surface area contributed by atoms with Gasteiger partial charge in [0.2, 0.25) is 15.9 Å². The molecule has 0 aliphatic heterocycles. The maximum atomic E-state index is 12.9. The van der Waals surface area contributed by atoms with Crippen molar-refractivity contribution >= 4 is 33.3 Å². The van der Waals surface area contributed by atoms with Gasteiger partial charge in [-0.1, -0.05) is 17.7 Å². The standard InChI is InChI=1S/C16H15ClF3N3O3S/c1-10-3-2-7-21-15(10)23-14(24)6-8-22-27(25,26)11-4-5-13(17)12(9-11)16(18,19)20/h2-5,7,9,22H,6,8H2,1H3,(H,21,23,24). The number of hydrogen-bond donors (Lipinski definition) is 2. The zero-order valence-electron chi connectivity index (χ0n) is 14.0. The number of carbonyl (C=O) groups excluding carboxylic acids is 1. The van der Waals surface area contributed by atoms with E-state index >= 15 is 0 Å². The highest BCUT2D eigenvalue weighted by Crippen LogP contribution is 2.35. The molecule has 0 atom stereocenters. The minimum absolute atomic E-state index is 0.227. The van der Waals surface area contributed by atoms with E-state index in [4.69, 9.17) is 11.6 Å². The first-order chi connectivity index (χ1) is 12.5. The molecule has 0 saturated heterocycles. The Morgan fingerprint density at radius 3 is 2.59 bits per heavy atom. The molecule has 0 radical (unpaired) electrons. The van der Waals surface area contributed by atoms with E-state index in [1.165, 1.54) is 6.20 Å². The van der Waals surface area contributed by atoms with Gasteiger partial charge < -0.3 is 5.32 Å². The summed E-state index contributed by atoms with van der Waals surface area (Å²) in [5.74, 6) is -0.149. The number of halogens is 4. The third-order valence-corrected chi connectivity index (χ3v) is 5.25. The number of aromatic nitrogens is 1. The molecule has 1 aromatic carbocycles. The van der Waals surface area contributed by atoms with E-state index in [1.807, 2.05) is 0 Å². The van der Waals surface area contributed by atoms with Crippen LogP contribution in [0.2, 0.25) is 5.02 Å². The number of pyridine rings is 1. The molecular weight excluding hydrogens is 407 g/mol. The van der Waals surface area contributed by atoms with Crippen molar-refractivity contribution in [2.24, 2.45) is 0 Å². The van der Waals surface area contributed by atoms with Crippen LogP contribution in [0.5, 0.6) is 0 Å². The Bertz CT molecular complexity index is 949. The van der Waals surface area contributed by atoms with Crippen LogP contribution in [-0.2, 0) is 21.0 Å². The van der Waals surface area contributed by atoms with Gasteiger partial charge in [0.25, 0.3) is 0 Å². The molecule has 2 aromatic rings. The van der Waals surface area contributed by atoms with Gasteiger partial charge in [-0.25, -0.2) is 18.1 Å². The molecule has 0 bridgehead atoms. The molecule has 0 fully saturated rings. The molecule has 1 amide bonds. The van der Waals surface area contributed by atoms with Gasteiger partial charge >= 0.3 is 6.18 Å². The Kier molecular flexibility index (Phi) is 6.45. The van der Waals surface area contributed by atoms with Crippen molar-refractivity contribution in [2.45, 2.75) is 24.4 Å². The minimum atomic E-state index is -4.79. The van der Waals surface area contributed by atoms with E-state index in [1.54, 1.807) is 19.1 Å². The summed E-state index contributed by atoms with van der Waals surface area (Å²) in [5, 5.41) is 1.92. The number of sulfonamides is 1. The predicted molar refractivity (Wildman–Crippen MR) is 93.9 cm³/mol. The Morgan fingerprint density at radius 1 is 1.26 bits per heavy atom. The average Bonchev–Trinajstić information content (AvgIpc) is 2.56. The molecule has 0 spiro atoms. The SMILES string of the molecule is Cc1cccnc1NC(=O)CCNS(=O)(=O)c1ccc(Cl)c(C(F)(F)F)c1. The first kappa shape index (κ1) is 21.1. The lowest BCUT2D eigenvalue weighted by Gasteiger charge is -2.12. The largest absolute Gasteiger partial charge is 0.417 e. The number of benzene rings is 1.